The smallest absolute Gasteiger partial charge is 0.329 e. The zero-order chi connectivity index (χ0) is 20.2. The van der Waals surface area contributed by atoms with Crippen LogP contribution < -0.4 is 21.5 Å². The van der Waals surface area contributed by atoms with Gasteiger partial charge in [-0.3, -0.25) is 19.1 Å². The second kappa shape index (κ2) is 8.27. The second-order valence-corrected chi connectivity index (χ2v) is 6.76. The number of hydrogen-bond donors (Lipinski definition) is 2. The van der Waals surface area contributed by atoms with Gasteiger partial charge in [-0.05, 0) is 29.8 Å². The Balaban J connectivity index is 1.46. The van der Waals surface area contributed by atoms with Crippen molar-refractivity contribution in [3.05, 3.63) is 69.0 Å². The van der Waals surface area contributed by atoms with Gasteiger partial charge in [0.1, 0.15) is 12.4 Å². The van der Waals surface area contributed by atoms with Crippen molar-refractivity contribution in [1.29, 1.82) is 0 Å². The van der Waals surface area contributed by atoms with Crippen LogP contribution in [0.15, 0.2) is 52.2 Å². The molecule has 0 unspecified atom stereocenters. The highest BCUT2D eigenvalue weighted by atomic mass is 16.5. The van der Waals surface area contributed by atoms with Crippen LogP contribution in [0.5, 0.6) is 0 Å². The van der Waals surface area contributed by atoms with E-state index in [4.69, 9.17) is 4.74 Å². The minimum absolute atomic E-state index is 0.183. The third-order valence-corrected chi connectivity index (χ3v) is 4.84. The predicted molar refractivity (Wildman–Crippen MR) is 108 cm³/mol. The van der Waals surface area contributed by atoms with Crippen LogP contribution in [0, 0.1) is 0 Å². The Morgan fingerprint density at radius 2 is 1.97 bits per heavy atom. The van der Waals surface area contributed by atoms with Gasteiger partial charge < -0.3 is 15.0 Å². The molecule has 0 saturated carbocycles. The molecule has 1 fully saturated rings. The molecule has 3 heterocycles. The van der Waals surface area contributed by atoms with E-state index in [0.29, 0.717) is 30.7 Å². The lowest BCUT2D eigenvalue weighted by molar-refractivity contribution is -0.121. The average Bonchev–Trinajstić information content (AvgIpc) is 2.76. The molecule has 29 heavy (non-hydrogen) atoms. The first-order valence-electron chi connectivity index (χ1n) is 9.38. The Bertz CT molecular complexity index is 1150. The minimum atomic E-state index is -0.609. The van der Waals surface area contributed by atoms with E-state index in [9.17, 15) is 14.4 Å². The largest absolute Gasteiger partial charge is 0.378 e. The molecule has 150 valence electrons. The molecular weight excluding hydrogens is 374 g/mol. The Morgan fingerprint density at radius 3 is 2.79 bits per heavy atom. The topological polar surface area (TPSA) is 109 Å². The van der Waals surface area contributed by atoms with Gasteiger partial charge >= 0.3 is 5.69 Å². The Hall–Kier alpha value is -3.46. The number of morpholine rings is 1. The Morgan fingerprint density at radius 1 is 1.17 bits per heavy atom. The van der Waals surface area contributed by atoms with Gasteiger partial charge in [0.05, 0.1) is 24.1 Å². The highest BCUT2D eigenvalue weighted by Gasteiger charge is 2.13. The molecule has 0 aliphatic carbocycles. The number of carbonyl (C=O) groups excluding carboxylic acids is 1. The third kappa shape index (κ3) is 4.19. The number of benzene rings is 1. The number of carbonyl (C=O) groups is 1. The van der Waals surface area contributed by atoms with Crippen molar-refractivity contribution in [2.75, 3.05) is 31.2 Å². The van der Waals surface area contributed by atoms with Gasteiger partial charge in [-0.1, -0.05) is 12.1 Å². The van der Waals surface area contributed by atoms with Crippen molar-refractivity contribution < 1.29 is 9.53 Å². The third-order valence-electron chi connectivity index (χ3n) is 4.84. The number of nitrogens with zero attached hydrogens (tertiary/aromatic N) is 3. The van der Waals surface area contributed by atoms with Crippen molar-refractivity contribution in [1.82, 2.24) is 19.9 Å². The van der Waals surface area contributed by atoms with Gasteiger partial charge in [-0.15, -0.1) is 0 Å². The lowest BCUT2D eigenvalue weighted by atomic mass is 10.2. The predicted octanol–water partition coefficient (Wildman–Crippen LogP) is 0.238. The van der Waals surface area contributed by atoms with E-state index in [1.54, 1.807) is 30.5 Å². The number of fused-ring (bicyclic) bond motifs is 1. The number of aromatic amines is 1. The lowest BCUT2D eigenvalue weighted by Crippen LogP contribution is -2.37. The number of ether oxygens (including phenoxy) is 1. The number of nitrogens with one attached hydrogen (secondary N) is 2. The monoisotopic (exact) mass is 395 g/mol. The average molecular weight is 395 g/mol. The van der Waals surface area contributed by atoms with Crippen LogP contribution in [-0.2, 0) is 22.6 Å². The van der Waals surface area contributed by atoms with Crippen LogP contribution in [0.3, 0.4) is 0 Å². The van der Waals surface area contributed by atoms with Crippen molar-refractivity contribution in [3.63, 3.8) is 0 Å². The summed E-state index contributed by atoms with van der Waals surface area (Å²) in [5.41, 5.74) is 0.264. The standard InChI is InChI=1S/C20H21N5O4/c26-18(13-25-16-4-2-1-3-15(16)19(27)23-20(25)28)22-12-14-5-6-21-17(11-14)24-7-9-29-10-8-24/h1-6,11H,7-10,12-13H2,(H,22,26)(H,23,27,28). The fourth-order valence-corrected chi connectivity index (χ4v) is 3.34. The maximum absolute atomic E-state index is 12.4. The van der Waals surface area contributed by atoms with Crippen molar-refractivity contribution >= 4 is 22.6 Å². The molecule has 1 amide bonds. The van der Waals surface area contributed by atoms with Gasteiger partial charge in [-0.2, -0.15) is 0 Å². The molecule has 0 radical (unpaired) electrons. The molecule has 2 aromatic heterocycles. The molecule has 1 saturated heterocycles. The molecule has 2 N–H and O–H groups in total. The highest BCUT2D eigenvalue weighted by molar-refractivity contribution is 5.81. The summed E-state index contributed by atoms with van der Waals surface area (Å²) < 4.78 is 6.62. The summed E-state index contributed by atoms with van der Waals surface area (Å²) in [7, 11) is 0. The summed E-state index contributed by atoms with van der Waals surface area (Å²) in [6, 6.07) is 10.5. The van der Waals surface area contributed by atoms with Crippen molar-refractivity contribution in [2.45, 2.75) is 13.1 Å². The molecule has 0 spiro atoms. The van der Waals surface area contributed by atoms with Crippen LogP contribution in [0.25, 0.3) is 10.9 Å². The normalized spacial score (nSPS) is 14.1. The fraction of sp³-hybridized carbons (Fsp3) is 0.300. The number of amides is 1. The number of rotatable bonds is 5. The number of anilines is 1. The fourth-order valence-electron chi connectivity index (χ4n) is 3.34. The van der Waals surface area contributed by atoms with E-state index in [1.165, 1.54) is 4.57 Å². The van der Waals surface area contributed by atoms with Gasteiger partial charge in [0, 0.05) is 25.8 Å². The molecule has 9 heteroatoms. The van der Waals surface area contributed by atoms with E-state index in [-0.39, 0.29) is 12.5 Å². The molecule has 1 aliphatic rings. The van der Waals surface area contributed by atoms with Crippen molar-refractivity contribution in [2.24, 2.45) is 0 Å². The van der Waals surface area contributed by atoms with Crippen LogP contribution in [0.1, 0.15) is 5.56 Å². The first-order chi connectivity index (χ1) is 14.1. The van der Waals surface area contributed by atoms with E-state index in [2.05, 4.69) is 20.2 Å². The Labute approximate surface area is 165 Å². The minimum Gasteiger partial charge on any atom is -0.378 e. The number of pyridine rings is 1. The zero-order valence-electron chi connectivity index (χ0n) is 15.8. The van der Waals surface area contributed by atoms with Crippen LogP contribution in [0.4, 0.5) is 5.82 Å². The number of para-hydroxylation sites is 1. The van der Waals surface area contributed by atoms with Crippen LogP contribution in [-0.4, -0.2) is 46.7 Å². The Kier molecular flexibility index (Phi) is 5.39. The first kappa shape index (κ1) is 18.9. The maximum Gasteiger partial charge on any atom is 0.329 e. The number of H-pyrrole nitrogens is 1. The summed E-state index contributed by atoms with van der Waals surface area (Å²) in [5, 5.41) is 3.19. The number of hydrogen-bond acceptors (Lipinski definition) is 6. The summed E-state index contributed by atoms with van der Waals surface area (Å²) in [4.78, 5) is 45.3. The summed E-state index contributed by atoms with van der Waals surface area (Å²) >= 11 is 0. The molecule has 0 atom stereocenters. The quantitative estimate of drug-likeness (QED) is 0.641. The number of aromatic nitrogens is 3. The molecular formula is C20H21N5O4. The van der Waals surface area contributed by atoms with Gasteiger partial charge in [-0.25, -0.2) is 9.78 Å². The zero-order valence-corrected chi connectivity index (χ0v) is 15.8. The second-order valence-electron chi connectivity index (χ2n) is 6.76. The summed E-state index contributed by atoms with van der Waals surface area (Å²) in [5.74, 6) is 0.525. The molecule has 3 aromatic rings. The molecule has 0 bridgehead atoms. The van der Waals surface area contributed by atoms with Crippen LogP contribution >= 0.6 is 0 Å². The van der Waals surface area contributed by atoms with E-state index < -0.39 is 11.2 Å². The molecule has 1 aromatic carbocycles. The van der Waals surface area contributed by atoms with Gasteiger partial charge in [0.25, 0.3) is 5.56 Å². The van der Waals surface area contributed by atoms with E-state index in [1.807, 2.05) is 12.1 Å². The molecule has 4 rings (SSSR count). The SMILES string of the molecule is O=C(Cn1c(=O)[nH]c(=O)c2ccccc21)NCc1ccnc(N2CCOCC2)c1. The summed E-state index contributed by atoms with van der Waals surface area (Å²) in [6.07, 6.45) is 1.71. The summed E-state index contributed by atoms with van der Waals surface area (Å²) in [6.45, 7) is 3.04. The van der Waals surface area contributed by atoms with E-state index in [0.717, 1.165) is 24.5 Å². The highest BCUT2D eigenvalue weighted by Crippen LogP contribution is 2.14. The van der Waals surface area contributed by atoms with Crippen LogP contribution in [0.2, 0.25) is 0 Å². The maximum atomic E-state index is 12.4. The van der Waals surface area contributed by atoms with E-state index >= 15 is 0 Å². The first-order valence-corrected chi connectivity index (χ1v) is 9.38. The lowest BCUT2D eigenvalue weighted by Gasteiger charge is -2.28. The van der Waals surface area contributed by atoms with Crippen molar-refractivity contribution in [3.8, 4) is 0 Å². The molecule has 9 nitrogen and oxygen atoms in total. The van der Waals surface area contributed by atoms with Gasteiger partial charge in [0.2, 0.25) is 5.91 Å². The molecule has 1 aliphatic heterocycles. The van der Waals surface area contributed by atoms with Gasteiger partial charge in [0.15, 0.2) is 0 Å².